The van der Waals surface area contributed by atoms with Gasteiger partial charge in [0.2, 0.25) is 5.91 Å². The molecule has 0 saturated heterocycles. The van der Waals surface area contributed by atoms with Crippen LogP contribution in [0.5, 0.6) is 0 Å². The Kier molecular flexibility index (Phi) is 5.74. The predicted octanol–water partition coefficient (Wildman–Crippen LogP) is 3.07. The first-order valence-corrected chi connectivity index (χ1v) is 8.09. The highest BCUT2D eigenvalue weighted by Gasteiger charge is 2.30. The van der Waals surface area contributed by atoms with Gasteiger partial charge in [-0.25, -0.2) is 0 Å². The second-order valence-corrected chi connectivity index (χ2v) is 6.43. The van der Waals surface area contributed by atoms with E-state index in [1.54, 1.807) is 6.07 Å². The summed E-state index contributed by atoms with van der Waals surface area (Å²) in [6.07, 6.45) is -2.13. The van der Waals surface area contributed by atoms with Crippen molar-refractivity contribution in [1.29, 1.82) is 0 Å². The van der Waals surface area contributed by atoms with Gasteiger partial charge in [0.15, 0.2) is 0 Å². The largest absolute Gasteiger partial charge is 0.416 e. The summed E-state index contributed by atoms with van der Waals surface area (Å²) < 4.78 is 37.8. The smallest absolute Gasteiger partial charge is 0.393 e. The third-order valence-electron chi connectivity index (χ3n) is 3.71. The molecule has 0 aliphatic heterocycles. The molecule has 7 heteroatoms. The molecule has 0 radical (unpaired) electrons. The topological polar surface area (TPSA) is 49.3 Å². The van der Waals surface area contributed by atoms with E-state index in [1.807, 2.05) is 0 Å². The van der Waals surface area contributed by atoms with Gasteiger partial charge in [-0.05, 0) is 31.0 Å². The number of carbonyl (C=O) groups is 1. The molecule has 2 unspecified atom stereocenters. The zero-order valence-electron chi connectivity index (χ0n) is 11.9. The second-order valence-electron chi connectivity index (χ2n) is 5.38. The van der Waals surface area contributed by atoms with E-state index >= 15 is 0 Å². The quantitative estimate of drug-likeness (QED) is 0.814. The van der Waals surface area contributed by atoms with Crippen LogP contribution in [0.2, 0.25) is 0 Å². The van der Waals surface area contributed by atoms with E-state index in [1.165, 1.54) is 6.07 Å². The van der Waals surface area contributed by atoms with Crippen molar-refractivity contribution >= 4 is 17.7 Å². The number of aliphatic hydroxyl groups is 1. The van der Waals surface area contributed by atoms with Gasteiger partial charge < -0.3 is 10.4 Å². The molecule has 1 saturated carbocycles. The Balaban J connectivity index is 1.79. The fourth-order valence-electron chi connectivity index (χ4n) is 2.46. The van der Waals surface area contributed by atoms with Crippen LogP contribution < -0.4 is 5.32 Å². The van der Waals surface area contributed by atoms with Gasteiger partial charge in [0, 0.05) is 17.4 Å². The number of nitrogens with one attached hydrogen (secondary N) is 1. The number of benzene rings is 1. The molecule has 1 aromatic carbocycles. The van der Waals surface area contributed by atoms with Crippen molar-refractivity contribution in [3.63, 3.8) is 0 Å². The maximum atomic E-state index is 12.6. The van der Waals surface area contributed by atoms with Gasteiger partial charge in [-0.1, -0.05) is 12.5 Å². The van der Waals surface area contributed by atoms with E-state index < -0.39 is 11.7 Å². The Morgan fingerprint density at radius 3 is 2.77 bits per heavy atom. The Labute approximate surface area is 131 Å². The number of hydrogen-bond acceptors (Lipinski definition) is 3. The molecule has 0 aromatic heterocycles. The molecule has 0 heterocycles. The van der Waals surface area contributed by atoms with Crippen molar-refractivity contribution in [1.82, 2.24) is 5.32 Å². The molecule has 1 amide bonds. The van der Waals surface area contributed by atoms with Crippen LogP contribution in [-0.2, 0) is 11.0 Å². The monoisotopic (exact) mass is 333 g/mol. The molecule has 122 valence electrons. The number of carbonyl (C=O) groups excluding carboxylic acids is 1. The third kappa shape index (κ3) is 4.91. The molecule has 1 aliphatic rings. The van der Waals surface area contributed by atoms with Gasteiger partial charge in [-0.2, -0.15) is 13.2 Å². The average molecular weight is 333 g/mol. The number of alkyl halides is 3. The summed E-state index contributed by atoms with van der Waals surface area (Å²) in [5.74, 6) is -0.0894. The second kappa shape index (κ2) is 7.37. The van der Waals surface area contributed by atoms with Crippen molar-refractivity contribution in [2.75, 3.05) is 12.3 Å². The molecule has 1 fully saturated rings. The maximum absolute atomic E-state index is 12.6. The van der Waals surface area contributed by atoms with Crippen molar-refractivity contribution in [3.8, 4) is 0 Å². The molecule has 0 spiro atoms. The van der Waals surface area contributed by atoms with E-state index in [2.05, 4.69) is 5.32 Å². The SMILES string of the molecule is O=C(CSc1cccc(C(F)(F)F)c1)NCC1CCCC1O. The van der Waals surface area contributed by atoms with Gasteiger partial charge in [0.1, 0.15) is 0 Å². The van der Waals surface area contributed by atoms with Crippen molar-refractivity contribution in [2.45, 2.75) is 36.4 Å². The lowest BCUT2D eigenvalue weighted by molar-refractivity contribution is -0.137. The highest BCUT2D eigenvalue weighted by Crippen LogP contribution is 2.31. The molecule has 1 aromatic rings. The summed E-state index contributed by atoms with van der Waals surface area (Å²) in [5.41, 5.74) is -0.716. The van der Waals surface area contributed by atoms with Gasteiger partial charge >= 0.3 is 6.18 Å². The Morgan fingerprint density at radius 1 is 1.36 bits per heavy atom. The summed E-state index contributed by atoms with van der Waals surface area (Å²) in [4.78, 5) is 12.1. The van der Waals surface area contributed by atoms with Crippen LogP contribution in [0.15, 0.2) is 29.2 Å². The van der Waals surface area contributed by atoms with Gasteiger partial charge in [-0.15, -0.1) is 11.8 Å². The van der Waals surface area contributed by atoms with Crippen LogP contribution in [0.4, 0.5) is 13.2 Å². The standard InChI is InChI=1S/C15H18F3NO2S/c16-15(17,18)11-4-2-5-12(7-11)22-9-14(21)19-8-10-3-1-6-13(10)20/h2,4-5,7,10,13,20H,1,3,6,8-9H2,(H,19,21). The summed E-state index contributed by atoms with van der Waals surface area (Å²) in [5, 5.41) is 12.4. The minimum Gasteiger partial charge on any atom is -0.393 e. The molecule has 2 rings (SSSR count). The minimum absolute atomic E-state index is 0.0596. The molecule has 22 heavy (non-hydrogen) atoms. The zero-order chi connectivity index (χ0) is 16.2. The highest BCUT2D eigenvalue weighted by atomic mass is 32.2. The fraction of sp³-hybridized carbons (Fsp3) is 0.533. The first kappa shape index (κ1) is 17.1. The summed E-state index contributed by atoms with van der Waals surface area (Å²) in [6.45, 7) is 0.420. The molecule has 0 bridgehead atoms. The van der Waals surface area contributed by atoms with Gasteiger partial charge in [0.05, 0.1) is 17.4 Å². The van der Waals surface area contributed by atoms with Crippen molar-refractivity contribution < 1.29 is 23.1 Å². The number of amides is 1. The molecule has 2 atom stereocenters. The average Bonchev–Trinajstić information content (AvgIpc) is 2.88. The van der Waals surface area contributed by atoms with Crippen LogP contribution in [0.25, 0.3) is 0 Å². The number of thioether (sulfide) groups is 1. The molecule has 1 aliphatic carbocycles. The van der Waals surface area contributed by atoms with E-state index in [-0.39, 0.29) is 23.7 Å². The summed E-state index contributed by atoms with van der Waals surface area (Å²) in [6, 6.07) is 4.93. The van der Waals surface area contributed by atoms with E-state index in [0.29, 0.717) is 11.4 Å². The number of rotatable bonds is 5. The molecular formula is C15H18F3NO2S. The van der Waals surface area contributed by atoms with Crippen LogP contribution in [0.1, 0.15) is 24.8 Å². The van der Waals surface area contributed by atoms with E-state index in [4.69, 9.17) is 0 Å². The van der Waals surface area contributed by atoms with Crippen LogP contribution >= 0.6 is 11.8 Å². The molecular weight excluding hydrogens is 315 g/mol. The fourth-order valence-corrected chi connectivity index (χ4v) is 3.25. The Morgan fingerprint density at radius 2 is 2.14 bits per heavy atom. The molecule has 3 nitrogen and oxygen atoms in total. The molecule has 2 N–H and O–H groups in total. The van der Waals surface area contributed by atoms with Crippen LogP contribution in [0.3, 0.4) is 0 Å². The first-order valence-electron chi connectivity index (χ1n) is 7.11. The highest BCUT2D eigenvalue weighted by molar-refractivity contribution is 8.00. The normalized spacial score (nSPS) is 21.8. The third-order valence-corrected chi connectivity index (χ3v) is 4.71. The van der Waals surface area contributed by atoms with Crippen LogP contribution in [-0.4, -0.2) is 29.4 Å². The minimum atomic E-state index is -4.38. The lowest BCUT2D eigenvalue weighted by atomic mass is 10.1. The maximum Gasteiger partial charge on any atom is 0.416 e. The van der Waals surface area contributed by atoms with Gasteiger partial charge in [0.25, 0.3) is 0 Å². The number of aliphatic hydroxyl groups excluding tert-OH is 1. The van der Waals surface area contributed by atoms with E-state index in [9.17, 15) is 23.1 Å². The first-order chi connectivity index (χ1) is 10.4. The van der Waals surface area contributed by atoms with Crippen LogP contribution in [0, 0.1) is 5.92 Å². The van der Waals surface area contributed by atoms with Crippen molar-refractivity contribution in [3.05, 3.63) is 29.8 Å². The Bertz CT molecular complexity index is 522. The zero-order valence-corrected chi connectivity index (χ0v) is 12.7. The van der Waals surface area contributed by atoms with E-state index in [0.717, 1.165) is 43.2 Å². The van der Waals surface area contributed by atoms with Crippen molar-refractivity contribution in [2.24, 2.45) is 5.92 Å². The summed E-state index contributed by atoms with van der Waals surface area (Å²) >= 11 is 1.07. The van der Waals surface area contributed by atoms with Gasteiger partial charge in [-0.3, -0.25) is 4.79 Å². The summed E-state index contributed by atoms with van der Waals surface area (Å²) in [7, 11) is 0. The number of halogens is 3. The number of hydrogen-bond donors (Lipinski definition) is 2. The Hall–Kier alpha value is -1.21. The predicted molar refractivity (Wildman–Crippen MR) is 78.5 cm³/mol. The lowest BCUT2D eigenvalue weighted by Crippen LogP contribution is -2.33. The lowest BCUT2D eigenvalue weighted by Gasteiger charge is -2.15.